The lowest BCUT2D eigenvalue weighted by Gasteiger charge is -2.28. The van der Waals surface area contributed by atoms with E-state index in [-0.39, 0.29) is 6.04 Å². The minimum absolute atomic E-state index is 0.217. The summed E-state index contributed by atoms with van der Waals surface area (Å²) in [6, 6.07) is 14.0. The second-order valence-electron chi connectivity index (χ2n) is 4.87. The van der Waals surface area contributed by atoms with Gasteiger partial charge >= 0.3 is 0 Å². The van der Waals surface area contributed by atoms with Crippen LogP contribution in [0.3, 0.4) is 0 Å². The monoisotopic (exact) mass is 382 g/mol. The van der Waals surface area contributed by atoms with Gasteiger partial charge < -0.3 is 10.6 Å². The number of nitrogens with zero attached hydrogens (tertiary/aromatic N) is 1. The molecule has 0 aromatic heterocycles. The summed E-state index contributed by atoms with van der Waals surface area (Å²) in [5, 5.41) is 0.746. The van der Waals surface area contributed by atoms with Crippen molar-refractivity contribution in [2.75, 3.05) is 11.9 Å². The van der Waals surface area contributed by atoms with Gasteiger partial charge in [0.05, 0.1) is 11.7 Å². The van der Waals surface area contributed by atoms with Crippen LogP contribution in [0, 0.1) is 0 Å². The van der Waals surface area contributed by atoms with Gasteiger partial charge in [0, 0.05) is 22.1 Å². The summed E-state index contributed by atoms with van der Waals surface area (Å²) in [5.41, 5.74) is 8.80. The van der Waals surface area contributed by atoms with E-state index >= 15 is 0 Å². The maximum atomic E-state index is 5.94. The van der Waals surface area contributed by atoms with E-state index in [4.69, 9.17) is 29.6 Å². The quantitative estimate of drug-likeness (QED) is 0.759. The first-order chi connectivity index (χ1) is 9.90. The van der Waals surface area contributed by atoms with Gasteiger partial charge in [-0.3, -0.25) is 0 Å². The summed E-state index contributed by atoms with van der Waals surface area (Å²) in [6.07, 6.45) is 0. The van der Waals surface area contributed by atoms with Crippen LogP contribution in [0.2, 0.25) is 5.02 Å². The highest BCUT2D eigenvalue weighted by Gasteiger charge is 2.15. The molecule has 0 aliphatic carbocycles. The van der Waals surface area contributed by atoms with Gasteiger partial charge in [-0.1, -0.05) is 36.0 Å². The minimum Gasteiger partial charge on any atom is -0.389 e. The van der Waals surface area contributed by atoms with Crippen molar-refractivity contribution in [1.82, 2.24) is 0 Å². The van der Waals surface area contributed by atoms with Crippen LogP contribution in [0.1, 0.15) is 24.1 Å². The van der Waals surface area contributed by atoms with Crippen molar-refractivity contribution in [1.29, 1.82) is 0 Å². The van der Waals surface area contributed by atoms with Crippen LogP contribution in [0.25, 0.3) is 0 Å². The fourth-order valence-electron chi connectivity index (χ4n) is 2.12. The Labute approximate surface area is 144 Å². The van der Waals surface area contributed by atoms with E-state index in [0.717, 1.165) is 20.7 Å². The molecule has 0 aliphatic rings. The smallest absolute Gasteiger partial charge is 0.104 e. The zero-order valence-corrected chi connectivity index (χ0v) is 15.0. The van der Waals surface area contributed by atoms with Gasteiger partial charge in [0.2, 0.25) is 0 Å². The first kappa shape index (κ1) is 16.3. The van der Waals surface area contributed by atoms with Crippen molar-refractivity contribution in [3.63, 3.8) is 0 Å². The SMILES string of the molecule is CC(c1ccc(Cl)cc1)N(C)c1ccc(C(N)=S)cc1Br. The van der Waals surface area contributed by atoms with Gasteiger partial charge in [0.15, 0.2) is 0 Å². The molecule has 2 rings (SSSR count). The lowest BCUT2D eigenvalue weighted by Crippen LogP contribution is -2.22. The summed E-state index contributed by atoms with van der Waals surface area (Å²) < 4.78 is 0.969. The van der Waals surface area contributed by atoms with E-state index < -0.39 is 0 Å². The zero-order chi connectivity index (χ0) is 15.6. The number of benzene rings is 2. The molecule has 0 fully saturated rings. The molecule has 0 radical (unpaired) electrons. The number of halogens is 2. The first-order valence-electron chi connectivity index (χ1n) is 6.48. The molecule has 0 saturated heterocycles. The third-order valence-electron chi connectivity index (χ3n) is 3.55. The van der Waals surface area contributed by atoms with Crippen LogP contribution in [0.15, 0.2) is 46.9 Å². The number of anilines is 1. The Morgan fingerprint density at radius 3 is 2.38 bits per heavy atom. The molecule has 21 heavy (non-hydrogen) atoms. The molecule has 0 bridgehead atoms. The molecule has 0 spiro atoms. The fourth-order valence-corrected chi connectivity index (χ4v) is 3.03. The van der Waals surface area contributed by atoms with Gasteiger partial charge in [-0.05, 0) is 58.7 Å². The molecule has 1 unspecified atom stereocenters. The van der Waals surface area contributed by atoms with E-state index in [1.54, 1.807) is 0 Å². The van der Waals surface area contributed by atoms with Crippen molar-refractivity contribution >= 4 is 50.4 Å². The fraction of sp³-hybridized carbons (Fsp3) is 0.188. The Morgan fingerprint density at radius 2 is 1.86 bits per heavy atom. The maximum absolute atomic E-state index is 5.94. The molecule has 0 aliphatic heterocycles. The molecule has 2 nitrogen and oxygen atoms in total. The molecule has 110 valence electrons. The second-order valence-corrected chi connectivity index (χ2v) is 6.60. The van der Waals surface area contributed by atoms with Gasteiger partial charge in [-0.2, -0.15) is 0 Å². The maximum Gasteiger partial charge on any atom is 0.104 e. The number of hydrogen-bond donors (Lipinski definition) is 1. The van der Waals surface area contributed by atoms with Crippen molar-refractivity contribution in [2.45, 2.75) is 13.0 Å². The molecule has 2 N–H and O–H groups in total. The minimum atomic E-state index is 0.217. The molecule has 1 atom stereocenters. The van der Waals surface area contributed by atoms with Crippen LogP contribution in [0.5, 0.6) is 0 Å². The van der Waals surface area contributed by atoms with Crippen LogP contribution in [0.4, 0.5) is 5.69 Å². The number of nitrogens with two attached hydrogens (primary N) is 1. The summed E-state index contributed by atoms with van der Waals surface area (Å²) in [4.78, 5) is 2.59. The Hall–Kier alpha value is -1.10. The van der Waals surface area contributed by atoms with Gasteiger partial charge in [-0.15, -0.1) is 0 Å². The molecule has 2 aromatic rings. The highest BCUT2D eigenvalue weighted by atomic mass is 79.9. The van der Waals surface area contributed by atoms with Crippen molar-refractivity contribution < 1.29 is 0 Å². The molecular formula is C16H16BrClN2S. The largest absolute Gasteiger partial charge is 0.389 e. The van der Waals surface area contributed by atoms with Crippen molar-refractivity contribution in [2.24, 2.45) is 5.73 Å². The standard InChI is InChI=1S/C16H16BrClN2S/c1-10(11-3-6-13(18)7-4-11)20(2)15-8-5-12(16(19)21)9-14(15)17/h3-10H,1-2H3,(H2,19,21). The average molecular weight is 384 g/mol. The van der Waals surface area contributed by atoms with E-state index in [1.165, 1.54) is 5.56 Å². The Bertz CT molecular complexity index is 658. The molecule has 5 heteroatoms. The summed E-state index contributed by atoms with van der Waals surface area (Å²) >= 11 is 14.5. The topological polar surface area (TPSA) is 29.3 Å². The average Bonchev–Trinajstić information content (AvgIpc) is 2.46. The Morgan fingerprint density at radius 1 is 1.24 bits per heavy atom. The van der Waals surface area contributed by atoms with Crippen molar-refractivity contribution in [3.05, 3.63) is 63.1 Å². The van der Waals surface area contributed by atoms with Gasteiger partial charge in [0.25, 0.3) is 0 Å². The zero-order valence-electron chi connectivity index (χ0n) is 11.8. The summed E-state index contributed by atoms with van der Waals surface area (Å²) in [5.74, 6) is 0. The van der Waals surface area contributed by atoms with E-state index in [0.29, 0.717) is 4.99 Å². The lowest BCUT2D eigenvalue weighted by atomic mass is 10.1. The van der Waals surface area contributed by atoms with E-state index in [2.05, 4.69) is 34.8 Å². The van der Waals surface area contributed by atoms with Crippen LogP contribution >= 0.6 is 39.7 Å². The van der Waals surface area contributed by atoms with Crippen LogP contribution in [-0.4, -0.2) is 12.0 Å². The highest BCUT2D eigenvalue weighted by molar-refractivity contribution is 9.10. The molecular weight excluding hydrogens is 368 g/mol. The van der Waals surface area contributed by atoms with Crippen molar-refractivity contribution in [3.8, 4) is 0 Å². The molecule has 2 aromatic carbocycles. The Kier molecular flexibility index (Phi) is 5.25. The molecule has 0 saturated carbocycles. The van der Waals surface area contributed by atoms with Crippen LogP contribution < -0.4 is 10.6 Å². The normalized spacial score (nSPS) is 12.0. The predicted octanol–water partition coefficient (Wildman–Crippen LogP) is 4.93. The van der Waals surface area contributed by atoms with E-state index in [1.807, 2.05) is 42.5 Å². The third-order valence-corrected chi connectivity index (χ3v) is 4.67. The lowest BCUT2D eigenvalue weighted by molar-refractivity contribution is 0.738. The number of hydrogen-bond acceptors (Lipinski definition) is 2. The predicted molar refractivity (Wildman–Crippen MR) is 98.3 cm³/mol. The summed E-state index contributed by atoms with van der Waals surface area (Å²) in [6.45, 7) is 2.15. The summed E-state index contributed by atoms with van der Waals surface area (Å²) in [7, 11) is 2.06. The highest BCUT2D eigenvalue weighted by Crippen LogP contribution is 2.32. The molecule has 0 amide bonds. The third kappa shape index (κ3) is 3.76. The second kappa shape index (κ2) is 6.77. The van der Waals surface area contributed by atoms with E-state index in [9.17, 15) is 0 Å². The van der Waals surface area contributed by atoms with Crippen LogP contribution in [-0.2, 0) is 0 Å². The Balaban J connectivity index is 2.28. The number of thiocarbonyl (C=S) groups is 1. The van der Waals surface area contributed by atoms with Gasteiger partial charge in [0.1, 0.15) is 4.99 Å². The first-order valence-corrected chi connectivity index (χ1v) is 8.05. The van der Waals surface area contributed by atoms with Gasteiger partial charge in [-0.25, -0.2) is 0 Å². The molecule has 0 heterocycles. The number of rotatable bonds is 4.